The fourth-order valence-electron chi connectivity index (χ4n) is 2.17. The molecule has 0 saturated heterocycles. The third kappa shape index (κ3) is 4.77. The highest BCUT2D eigenvalue weighted by molar-refractivity contribution is 5.97. The Kier molecular flexibility index (Phi) is 5.72. The lowest BCUT2D eigenvalue weighted by Crippen LogP contribution is -2.45. The summed E-state index contributed by atoms with van der Waals surface area (Å²) in [5.74, 6) is -1.53. The van der Waals surface area contributed by atoms with E-state index in [1.54, 1.807) is 6.07 Å². The van der Waals surface area contributed by atoms with Gasteiger partial charge in [-0.2, -0.15) is 5.26 Å². The molecule has 9 heteroatoms. The molecule has 0 heterocycles. The summed E-state index contributed by atoms with van der Waals surface area (Å²) in [4.78, 5) is 22.5. The van der Waals surface area contributed by atoms with E-state index < -0.39 is 28.9 Å². The van der Waals surface area contributed by atoms with Gasteiger partial charge in [-0.05, 0) is 38.1 Å². The minimum absolute atomic E-state index is 0.0470. The van der Waals surface area contributed by atoms with Gasteiger partial charge in [0.1, 0.15) is 24.2 Å². The van der Waals surface area contributed by atoms with Crippen LogP contribution in [0.3, 0.4) is 0 Å². The molecule has 2 rings (SSSR count). The van der Waals surface area contributed by atoms with E-state index >= 15 is 0 Å². The predicted molar refractivity (Wildman–Crippen MR) is 93.7 cm³/mol. The fourth-order valence-corrected chi connectivity index (χ4v) is 2.17. The Morgan fingerprint density at radius 2 is 2.11 bits per heavy atom. The monoisotopic (exact) mass is 373 g/mol. The molecule has 0 aliphatic heterocycles. The van der Waals surface area contributed by atoms with Crippen LogP contribution in [-0.2, 0) is 4.79 Å². The van der Waals surface area contributed by atoms with Crippen molar-refractivity contribution in [2.24, 2.45) is 0 Å². The lowest BCUT2D eigenvalue weighted by molar-refractivity contribution is -0.385. The number of nitrogens with zero attached hydrogens (tertiary/aromatic N) is 2. The molecule has 8 nitrogen and oxygen atoms in total. The summed E-state index contributed by atoms with van der Waals surface area (Å²) in [6.07, 6.45) is 0. The number of nitriles is 1. The van der Waals surface area contributed by atoms with E-state index in [9.17, 15) is 24.4 Å². The number of aryl methyl sites for hydroxylation is 1. The number of ether oxygens (including phenoxy) is 1. The van der Waals surface area contributed by atoms with Crippen LogP contribution in [0.4, 0.5) is 15.8 Å². The summed E-state index contributed by atoms with van der Waals surface area (Å²) in [5, 5.41) is 32.2. The van der Waals surface area contributed by atoms with Crippen LogP contribution in [-0.4, -0.2) is 28.1 Å². The van der Waals surface area contributed by atoms with Crippen molar-refractivity contribution in [3.8, 4) is 11.8 Å². The first-order chi connectivity index (χ1) is 12.6. The van der Waals surface area contributed by atoms with Crippen LogP contribution < -0.4 is 10.1 Å². The fraction of sp³-hybridized carbons (Fsp3) is 0.222. The summed E-state index contributed by atoms with van der Waals surface area (Å²) in [7, 11) is 0. The molecule has 0 fully saturated rings. The summed E-state index contributed by atoms with van der Waals surface area (Å²) >= 11 is 0. The van der Waals surface area contributed by atoms with Crippen LogP contribution >= 0.6 is 0 Å². The van der Waals surface area contributed by atoms with Crippen molar-refractivity contribution in [1.82, 2.24) is 0 Å². The normalized spacial score (nSPS) is 12.6. The topological polar surface area (TPSA) is 125 Å². The van der Waals surface area contributed by atoms with Gasteiger partial charge in [-0.1, -0.05) is 0 Å². The first kappa shape index (κ1) is 19.8. The van der Waals surface area contributed by atoms with Crippen LogP contribution in [0.2, 0.25) is 0 Å². The zero-order valence-electron chi connectivity index (χ0n) is 14.5. The van der Waals surface area contributed by atoms with Gasteiger partial charge in [0.05, 0.1) is 10.5 Å². The molecule has 0 saturated carbocycles. The van der Waals surface area contributed by atoms with Gasteiger partial charge < -0.3 is 15.2 Å². The Balaban J connectivity index is 2.04. The SMILES string of the molecule is Cc1cc(NC(=O)C(C)(O)COc2ccc(C#N)c(F)c2)ccc1[N+](=O)[O-]. The largest absolute Gasteiger partial charge is 0.490 e. The molecule has 0 aliphatic rings. The first-order valence-electron chi connectivity index (χ1n) is 7.75. The van der Waals surface area contributed by atoms with Crippen LogP contribution in [0, 0.1) is 34.2 Å². The maximum absolute atomic E-state index is 13.6. The molecule has 0 bridgehead atoms. The van der Waals surface area contributed by atoms with Crippen molar-refractivity contribution in [3.05, 3.63) is 63.5 Å². The Labute approximate surface area is 154 Å². The summed E-state index contributed by atoms with van der Waals surface area (Å²) < 4.78 is 18.8. The van der Waals surface area contributed by atoms with Crippen molar-refractivity contribution >= 4 is 17.3 Å². The molecule has 1 unspecified atom stereocenters. The quantitative estimate of drug-likeness (QED) is 0.592. The molecule has 0 spiro atoms. The maximum atomic E-state index is 13.6. The highest BCUT2D eigenvalue weighted by Crippen LogP contribution is 2.23. The number of aliphatic hydroxyl groups is 1. The Hall–Kier alpha value is -3.51. The van der Waals surface area contributed by atoms with Crippen LogP contribution in [0.25, 0.3) is 0 Å². The number of amides is 1. The number of nitro benzene ring substituents is 1. The van der Waals surface area contributed by atoms with E-state index in [1.807, 2.05) is 0 Å². The second kappa shape index (κ2) is 7.80. The highest BCUT2D eigenvalue weighted by atomic mass is 19.1. The molecule has 1 amide bonds. The number of carbonyl (C=O) groups is 1. The van der Waals surface area contributed by atoms with Crippen LogP contribution in [0.1, 0.15) is 18.1 Å². The predicted octanol–water partition coefficient (Wildman–Crippen LogP) is 2.68. The number of halogens is 1. The molecular weight excluding hydrogens is 357 g/mol. The zero-order valence-corrected chi connectivity index (χ0v) is 14.5. The van der Waals surface area contributed by atoms with Gasteiger partial charge in [-0.3, -0.25) is 14.9 Å². The number of rotatable bonds is 6. The molecule has 140 valence electrons. The molecule has 0 radical (unpaired) electrons. The van der Waals surface area contributed by atoms with Gasteiger partial charge in [0, 0.05) is 23.4 Å². The second-order valence-corrected chi connectivity index (χ2v) is 6.03. The summed E-state index contributed by atoms with van der Waals surface area (Å²) in [6.45, 7) is 2.26. The summed E-state index contributed by atoms with van der Waals surface area (Å²) in [6, 6.07) is 9.21. The third-order valence-corrected chi connectivity index (χ3v) is 3.72. The number of hydrogen-bond acceptors (Lipinski definition) is 6. The number of nitrogens with one attached hydrogen (secondary N) is 1. The van der Waals surface area contributed by atoms with Gasteiger partial charge in [0.2, 0.25) is 0 Å². The standard InChI is InChI=1S/C18H16FN3O5/c1-11-7-13(4-6-16(11)22(25)26)21-17(23)18(2,24)10-27-14-5-3-12(9-20)15(19)8-14/h3-8,24H,10H2,1-2H3,(H,21,23). The van der Waals surface area contributed by atoms with E-state index in [4.69, 9.17) is 10.00 Å². The molecule has 2 aromatic carbocycles. The van der Waals surface area contributed by atoms with Gasteiger partial charge in [-0.25, -0.2) is 4.39 Å². The highest BCUT2D eigenvalue weighted by Gasteiger charge is 2.32. The van der Waals surface area contributed by atoms with E-state index in [-0.39, 0.29) is 22.7 Å². The Morgan fingerprint density at radius 1 is 1.41 bits per heavy atom. The minimum atomic E-state index is -1.96. The van der Waals surface area contributed by atoms with Crippen molar-refractivity contribution in [2.75, 3.05) is 11.9 Å². The number of anilines is 1. The molecule has 27 heavy (non-hydrogen) atoms. The number of carbonyl (C=O) groups excluding carboxylic acids is 1. The number of benzene rings is 2. The van der Waals surface area contributed by atoms with Crippen LogP contribution in [0.5, 0.6) is 5.75 Å². The van der Waals surface area contributed by atoms with Gasteiger partial charge in [0.15, 0.2) is 5.60 Å². The van der Waals surface area contributed by atoms with Crippen molar-refractivity contribution < 1.29 is 24.0 Å². The average molecular weight is 373 g/mol. The molecular formula is C18H16FN3O5. The van der Waals surface area contributed by atoms with Gasteiger partial charge >= 0.3 is 0 Å². The summed E-state index contributed by atoms with van der Waals surface area (Å²) in [5.41, 5.74) is -1.58. The van der Waals surface area contributed by atoms with Gasteiger partial charge in [0.25, 0.3) is 11.6 Å². The molecule has 2 N–H and O–H groups in total. The van der Waals surface area contributed by atoms with E-state index in [1.165, 1.54) is 44.2 Å². The average Bonchev–Trinajstić information content (AvgIpc) is 2.60. The lowest BCUT2D eigenvalue weighted by Gasteiger charge is -2.22. The number of hydrogen-bond donors (Lipinski definition) is 2. The van der Waals surface area contributed by atoms with Crippen molar-refractivity contribution in [2.45, 2.75) is 19.4 Å². The Bertz CT molecular complexity index is 937. The maximum Gasteiger partial charge on any atom is 0.272 e. The van der Waals surface area contributed by atoms with E-state index in [2.05, 4.69) is 5.32 Å². The van der Waals surface area contributed by atoms with E-state index in [0.29, 0.717) is 5.56 Å². The van der Waals surface area contributed by atoms with E-state index in [0.717, 1.165) is 6.07 Å². The third-order valence-electron chi connectivity index (χ3n) is 3.72. The molecule has 0 aliphatic carbocycles. The van der Waals surface area contributed by atoms with Crippen molar-refractivity contribution in [3.63, 3.8) is 0 Å². The van der Waals surface area contributed by atoms with Gasteiger partial charge in [-0.15, -0.1) is 0 Å². The molecule has 0 aromatic heterocycles. The smallest absolute Gasteiger partial charge is 0.272 e. The second-order valence-electron chi connectivity index (χ2n) is 6.03. The first-order valence-corrected chi connectivity index (χ1v) is 7.75. The molecule has 1 atom stereocenters. The van der Waals surface area contributed by atoms with Crippen molar-refractivity contribution in [1.29, 1.82) is 5.26 Å². The number of nitro groups is 1. The van der Waals surface area contributed by atoms with Crippen LogP contribution in [0.15, 0.2) is 36.4 Å². The Morgan fingerprint density at radius 3 is 2.67 bits per heavy atom. The lowest BCUT2D eigenvalue weighted by atomic mass is 10.1. The minimum Gasteiger partial charge on any atom is -0.490 e. The molecule has 2 aromatic rings. The zero-order chi connectivity index (χ0) is 20.2.